The Balaban J connectivity index is -0.0000000150. The molecule has 0 aromatic rings. The second-order valence-corrected chi connectivity index (χ2v) is 0.519. The smallest absolute Gasteiger partial charge is 1.00 e. The predicted molar refractivity (Wildman–Crippen MR) is 14.4 cm³/mol. The van der Waals surface area contributed by atoms with E-state index >= 15 is 0 Å². The number of rotatable bonds is 0. The third kappa shape index (κ3) is 134. The summed E-state index contributed by atoms with van der Waals surface area (Å²) in [6.45, 7) is 1.08. The fourth-order valence-electron chi connectivity index (χ4n) is 0. The van der Waals surface area contributed by atoms with Crippen LogP contribution in [0.15, 0.2) is 0 Å². The average Bonchev–Trinajstić information content (AvgIpc) is 0.811. The van der Waals surface area contributed by atoms with E-state index in [1.807, 2.05) is 0 Å². The second kappa shape index (κ2) is 9.19. The van der Waals surface area contributed by atoms with Crippen LogP contribution in [-0.4, -0.2) is 11.1 Å². The number of carboxylic acids is 1. The van der Waals surface area contributed by atoms with E-state index in [0.29, 0.717) is 0 Å². The van der Waals surface area contributed by atoms with Crippen LogP contribution >= 0.6 is 0 Å². The molecule has 0 amide bonds. The van der Waals surface area contributed by atoms with Crippen molar-refractivity contribution in [1.29, 1.82) is 0 Å². The Kier molecular flexibility index (Phi) is 24.4. The van der Waals surface area contributed by atoms with Crippen LogP contribution in [0, 0.1) is 0 Å². The van der Waals surface area contributed by atoms with E-state index in [9.17, 15) is 0 Å². The van der Waals surface area contributed by atoms with Gasteiger partial charge in [-0.05, 0) is 0 Å². The van der Waals surface area contributed by atoms with Crippen LogP contribution in [0.5, 0.6) is 0 Å². The zero-order valence-electron chi connectivity index (χ0n) is 4.69. The molecule has 1 radical (unpaired) electrons. The summed E-state index contributed by atoms with van der Waals surface area (Å²) in [7, 11) is 0. The molecule has 0 unspecified atom stereocenters. The quantitative estimate of drug-likeness (QED) is 0.400. The maximum atomic E-state index is 9.00. The third-order valence-electron chi connectivity index (χ3n) is 0. The van der Waals surface area contributed by atoms with E-state index in [1.54, 1.807) is 0 Å². The van der Waals surface area contributed by atoms with Gasteiger partial charge < -0.3 is 6.53 Å². The van der Waals surface area contributed by atoms with E-state index in [2.05, 4.69) is 0 Å². The molecule has 1 N–H and O–H groups in total. The summed E-state index contributed by atoms with van der Waals surface area (Å²) >= 11 is 0. The van der Waals surface area contributed by atoms with Gasteiger partial charge in [0.15, 0.2) is 0 Å². The first-order chi connectivity index (χ1) is 1.73. The molecule has 0 aliphatic rings. The monoisotopic (exact) mass is 171 g/mol. The maximum Gasteiger partial charge on any atom is 1.00 e. The van der Waals surface area contributed by atoms with Gasteiger partial charge in [0, 0.05) is 26.4 Å². The Morgan fingerprint density at radius 1 is 1.83 bits per heavy atom. The van der Waals surface area contributed by atoms with Crippen LogP contribution in [0.1, 0.15) is 8.35 Å². The fourth-order valence-corrected chi connectivity index (χ4v) is 0. The van der Waals surface area contributed by atoms with Gasteiger partial charge in [-0.2, -0.15) is 0 Å². The summed E-state index contributed by atoms with van der Waals surface area (Å²) in [6, 6.07) is 0. The summed E-state index contributed by atoms with van der Waals surface area (Å²) in [6.07, 6.45) is 0. The van der Waals surface area contributed by atoms with Crippen LogP contribution in [0.4, 0.5) is 0 Å². The minimum atomic E-state index is -0.833. The van der Waals surface area contributed by atoms with Crippen molar-refractivity contribution in [1.82, 2.24) is 0 Å². The van der Waals surface area contributed by atoms with Gasteiger partial charge in [0.25, 0.3) is 5.97 Å². The number of hydrogen-bond donors (Lipinski definition) is 1. The predicted octanol–water partition coefficient (Wildman–Crippen LogP) is -2.80. The molecule has 35 valence electrons. The molecule has 0 fully saturated rings. The van der Waals surface area contributed by atoms with Crippen LogP contribution in [0.3, 0.4) is 0 Å². The molecule has 0 bridgehead atoms. The molecule has 0 saturated carbocycles. The molecule has 0 atom stereocenters. The largest absolute Gasteiger partial charge is 1.00 e. The molecule has 0 heterocycles. The van der Waals surface area contributed by atoms with Gasteiger partial charge in [-0.25, -0.2) is 0 Å². The number of carbonyl (C=O) groups is 1. The van der Waals surface area contributed by atoms with Gasteiger partial charge in [0.05, 0.1) is 0 Å². The van der Waals surface area contributed by atoms with E-state index in [-0.39, 0.29) is 39.8 Å². The maximum absolute atomic E-state index is 9.00. The van der Waals surface area contributed by atoms with Crippen molar-refractivity contribution in [3.63, 3.8) is 0 Å². The van der Waals surface area contributed by atoms with Gasteiger partial charge in [-0.1, -0.05) is 0 Å². The van der Waals surface area contributed by atoms with Crippen molar-refractivity contribution in [2.24, 2.45) is 0 Å². The standard InChI is InChI=1S/C2H4O2.Li.Rh.H/c1-2(3)4;;;/h1H3,(H,3,4);;;/q;+1;;-1. The normalized spacial score (nSPS) is 4.17. The first-order valence-electron chi connectivity index (χ1n) is 0.928. The summed E-state index contributed by atoms with van der Waals surface area (Å²) in [5, 5.41) is 7.42. The summed E-state index contributed by atoms with van der Waals surface area (Å²) < 4.78 is 0. The number of hydrogen-bond acceptors (Lipinski definition) is 1. The molecule has 0 saturated heterocycles. The molecule has 0 rings (SSSR count). The molecule has 0 aliphatic carbocycles. The van der Waals surface area contributed by atoms with Crippen molar-refractivity contribution in [2.45, 2.75) is 6.92 Å². The fraction of sp³-hybridized carbons (Fsp3) is 0.500. The van der Waals surface area contributed by atoms with Gasteiger partial charge in [-0.3, -0.25) is 4.79 Å². The SMILES string of the molecule is CC(=O)O.[H-].[Li+].[Rh]. The summed E-state index contributed by atoms with van der Waals surface area (Å²) in [5.74, 6) is -0.833. The van der Waals surface area contributed by atoms with E-state index in [4.69, 9.17) is 9.90 Å². The Morgan fingerprint density at radius 3 is 1.83 bits per heavy atom. The van der Waals surface area contributed by atoms with Crippen molar-refractivity contribution >= 4 is 5.97 Å². The summed E-state index contributed by atoms with van der Waals surface area (Å²) in [4.78, 5) is 9.00. The molecular weight excluding hydrogens is 166 g/mol. The van der Waals surface area contributed by atoms with E-state index in [0.717, 1.165) is 6.92 Å². The van der Waals surface area contributed by atoms with Gasteiger partial charge in [0.1, 0.15) is 0 Å². The Labute approximate surface area is 62.7 Å². The zero-order valence-corrected chi connectivity index (χ0v) is 5.33. The molecule has 6 heavy (non-hydrogen) atoms. The Bertz CT molecular complexity index is 38.7. The Morgan fingerprint density at radius 2 is 1.83 bits per heavy atom. The minimum Gasteiger partial charge on any atom is -1.00 e. The molecule has 0 aromatic carbocycles. The van der Waals surface area contributed by atoms with Gasteiger partial charge >= 0.3 is 18.9 Å². The molecule has 0 aliphatic heterocycles. The minimum absolute atomic E-state index is 0. The number of carboxylic acid groups (broad SMARTS) is 1. The average molecular weight is 171 g/mol. The van der Waals surface area contributed by atoms with Crippen molar-refractivity contribution in [3.05, 3.63) is 0 Å². The topological polar surface area (TPSA) is 37.3 Å². The molecule has 0 spiro atoms. The van der Waals surface area contributed by atoms with E-state index < -0.39 is 5.97 Å². The van der Waals surface area contributed by atoms with Crippen LogP contribution < -0.4 is 18.9 Å². The van der Waals surface area contributed by atoms with Crippen LogP contribution in [-0.2, 0) is 24.3 Å². The summed E-state index contributed by atoms with van der Waals surface area (Å²) in [5.41, 5.74) is 0. The molecular formula is C2H5LiO2Rh. The zero-order chi connectivity index (χ0) is 3.58. The number of aliphatic carboxylic acids is 1. The second-order valence-electron chi connectivity index (χ2n) is 0.519. The molecule has 4 heteroatoms. The molecule has 2 nitrogen and oxygen atoms in total. The van der Waals surface area contributed by atoms with Crippen molar-refractivity contribution in [3.8, 4) is 0 Å². The molecule has 0 aromatic heterocycles. The van der Waals surface area contributed by atoms with E-state index in [1.165, 1.54) is 0 Å². The van der Waals surface area contributed by atoms with Crippen molar-refractivity contribution < 1.29 is 49.7 Å². The first kappa shape index (κ1) is 15.9. The third-order valence-corrected chi connectivity index (χ3v) is 0. The Hall–Kier alpha value is 0.691. The first-order valence-corrected chi connectivity index (χ1v) is 0.928. The van der Waals surface area contributed by atoms with Crippen LogP contribution in [0.25, 0.3) is 0 Å². The van der Waals surface area contributed by atoms with Gasteiger partial charge in [-0.15, -0.1) is 0 Å². The van der Waals surface area contributed by atoms with Crippen LogP contribution in [0.2, 0.25) is 0 Å². The van der Waals surface area contributed by atoms with Gasteiger partial charge in [0.2, 0.25) is 0 Å². The van der Waals surface area contributed by atoms with Crippen molar-refractivity contribution in [2.75, 3.05) is 0 Å².